The number of imide groups is 1. The van der Waals surface area contributed by atoms with E-state index in [4.69, 9.17) is 0 Å². The van der Waals surface area contributed by atoms with Crippen molar-refractivity contribution in [2.45, 2.75) is 6.42 Å². The molecular weight excluding hydrogens is 296 g/mol. The largest absolute Gasteiger partial charge is 0.274 e. The van der Waals surface area contributed by atoms with Gasteiger partial charge in [-0.25, -0.2) is 4.90 Å². The van der Waals surface area contributed by atoms with E-state index >= 15 is 0 Å². The highest BCUT2D eigenvalue weighted by Crippen LogP contribution is 2.65. The quantitative estimate of drug-likeness (QED) is 0.363. The van der Waals surface area contributed by atoms with Crippen LogP contribution in [0, 0.1) is 45.6 Å². The highest BCUT2D eigenvalue weighted by Gasteiger charge is 2.67. The molecule has 2 amide bonds. The molecule has 3 fully saturated rings. The lowest BCUT2D eigenvalue weighted by atomic mass is 9.63. The zero-order valence-corrected chi connectivity index (χ0v) is 12.2. The average molecular weight is 310 g/mol. The Bertz CT molecular complexity index is 766. The number of anilines is 1. The van der Waals surface area contributed by atoms with Gasteiger partial charge in [0.15, 0.2) is 0 Å². The van der Waals surface area contributed by atoms with Crippen LogP contribution in [-0.4, -0.2) is 16.7 Å². The van der Waals surface area contributed by atoms with E-state index in [9.17, 15) is 19.7 Å². The van der Waals surface area contributed by atoms with Gasteiger partial charge in [0.25, 0.3) is 5.69 Å². The number of carbonyl (C=O) groups excluding carboxylic acids is 2. The van der Waals surface area contributed by atoms with Gasteiger partial charge in [-0.3, -0.25) is 19.7 Å². The Balaban J connectivity index is 1.57. The zero-order chi connectivity index (χ0) is 15.9. The molecule has 0 spiro atoms. The second-order valence-electron chi connectivity index (χ2n) is 6.94. The second kappa shape index (κ2) is 4.07. The Kier molecular flexibility index (Phi) is 2.30. The highest BCUT2D eigenvalue weighted by molar-refractivity contribution is 6.22. The van der Waals surface area contributed by atoms with Crippen LogP contribution in [0.1, 0.15) is 6.42 Å². The molecule has 1 heterocycles. The van der Waals surface area contributed by atoms with E-state index in [1.165, 1.54) is 23.1 Å². The van der Waals surface area contributed by atoms with E-state index in [1.807, 2.05) is 0 Å². The number of allylic oxidation sites excluding steroid dienone is 2. The molecule has 1 aromatic carbocycles. The standard InChI is InChI=1S/C17H14N2O4/c20-16-14-10-4-5-11(13-7-12(10)13)15(14)17(21)18(16)8-2-1-3-9(6-8)19(22)23/h1-6,10-15H,7H2/t10-,11-,12-,13+,14-,15+/m0/s1. The molecule has 5 aliphatic rings. The third kappa shape index (κ3) is 1.53. The maximum absolute atomic E-state index is 12.9. The van der Waals surface area contributed by atoms with Crippen LogP contribution in [0.5, 0.6) is 0 Å². The maximum Gasteiger partial charge on any atom is 0.271 e. The molecule has 0 N–H and O–H groups in total. The van der Waals surface area contributed by atoms with Gasteiger partial charge in [-0.2, -0.15) is 0 Å². The summed E-state index contributed by atoms with van der Waals surface area (Å²) >= 11 is 0. The molecule has 2 bridgehead atoms. The molecule has 6 heteroatoms. The third-order valence-corrected chi connectivity index (χ3v) is 5.96. The summed E-state index contributed by atoms with van der Waals surface area (Å²) in [5.41, 5.74) is 0.207. The lowest BCUT2D eigenvalue weighted by molar-refractivity contribution is -0.384. The molecule has 1 aliphatic heterocycles. The predicted molar refractivity (Wildman–Crippen MR) is 80.3 cm³/mol. The number of nitro benzene ring substituents is 1. The van der Waals surface area contributed by atoms with Crippen LogP contribution in [0.3, 0.4) is 0 Å². The van der Waals surface area contributed by atoms with Gasteiger partial charge < -0.3 is 0 Å². The summed E-state index contributed by atoms with van der Waals surface area (Å²) in [5.74, 6) is 0.489. The Morgan fingerprint density at radius 2 is 1.65 bits per heavy atom. The van der Waals surface area contributed by atoms with E-state index in [0.717, 1.165) is 6.42 Å². The van der Waals surface area contributed by atoms with Crippen molar-refractivity contribution in [1.29, 1.82) is 0 Å². The van der Waals surface area contributed by atoms with Crippen LogP contribution in [0.4, 0.5) is 11.4 Å². The number of carbonyl (C=O) groups is 2. The van der Waals surface area contributed by atoms with Gasteiger partial charge in [0.05, 0.1) is 22.4 Å². The number of nitro groups is 1. The number of rotatable bonds is 2. The van der Waals surface area contributed by atoms with Gasteiger partial charge in [-0.15, -0.1) is 0 Å². The maximum atomic E-state index is 12.9. The first-order valence-corrected chi connectivity index (χ1v) is 7.88. The summed E-state index contributed by atoms with van der Waals surface area (Å²) in [6.07, 6.45) is 5.34. The first-order valence-electron chi connectivity index (χ1n) is 7.88. The Labute approximate surface area is 131 Å². The summed E-state index contributed by atoms with van der Waals surface area (Å²) < 4.78 is 0. The monoisotopic (exact) mass is 310 g/mol. The van der Waals surface area contributed by atoms with Gasteiger partial charge >= 0.3 is 0 Å². The number of benzene rings is 1. The Morgan fingerprint density at radius 3 is 2.22 bits per heavy atom. The molecular formula is C17H14N2O4. The van der Waals surface area contributed by atoms with E-state index in [2.05, 4.69) is 12.2 Å². The SMILES string of the molecule is O=C1[C@@H]2[C@H]3C=C[C@@H]([C@@H]4C[C@H]34)[C@@H]2C(=O)N1c1cccc([N+](=O)[O-])c1. The number of hydrogen-bond donors (Lipinski definition) is 0. The van der Waals surface area contributed by atoms with Crippen LogP contribution in [0.15, 0.2) is 36.4 Å². The first kappa shape index (κ1) is 13.0. The topological polar surface area (TPSA) is 80.5 Å². The number of nitrogens with zero attached hydrogens (tertiary/aromatic N) is 2. The van der Waals surface area contributed by atoms with E-state index in [1.54, 1.807) is 6.07 Å². The molecule has 116 valence electrons. The molecule has 6 rings (SSSR count). The van der Waals surface area contributed by atoms with Crippen molar-refractivity contribution in [2.75, 3.05) is 4.90 Å². The van der Waals surface area contributed by atoms with Crippen LogP contribution in [0.25, 0.3) is 0 Å². The van der Waals surface area contributed by atoms with Gasteiger partial charge in [0.1, 0.15) is 0 Å². The van der Waals surface area contributed by atoms with Gasteiger partial charge in [-0.1, -0.05) is 18.2 Å². The minimum atomic E-state index is -0.512. The number of non-ortho nitro benzene ring substituents is 1. The van der Waals surface area contributed by atoms with Crippen molar-refractivity contribution in [3.8, 4) is 0 Å². The van der Waals surface area contributed by atoms with E-state index in [0.29, 0.717) is 17.5 Å². The van der Waals surface area contributed by atoms with Crippen molar-refractivity contribution in [3.63, 3.8) is 0 Å². The van der Waals surface area contributed by atoms with Crippen LogP contribution in [0.2, 0.25) is 0 Å². The fourth-order valence-corrected chi connectivity index (χ4v) is 4.96. The molecule has 2 saturated carbocycles. The molecule has 6 nitrogen and oxygen atoms in total. The lowest BCUT2D eigenvalue weighted by Gasteiger charge is -2.37. The predicted octanol–water partition coefficient (Wildman–Crippen LogP) is 2.15. The minimum Gasteiger partial charge on any atom is -0.274 e. The Morgan fingerprint density at radius 1 is 1.04 bits per heavy atom. The van der Waals surface area contributed by atoms with Crippen LogP contribution >= 0.6 is 0 Å². The van der Waals surface area contributed by atoms with Gasteiger partial charge in [-0.05, 0) is 36.2 Å². The Hall–Kier alpha value is -2.50. The second-order valence-corrected chi connectivity index (χ2v) is 6.94. The highest BCUT2D eigenvalue weighted by atomic mass is 16.6. The molecule has 0 aromatic heterocycles. The van der Waals surface area contributed by atoms with Crippen molar-refractivity contribution in [2.24, 2.45) is 35.5 Å². The van der Waals surface area contributed by atoms with Crippen molar-refractivity contribution < 1.29 is 14.5 Å². The van der Waals surface area contributed by atoms with Crippen LogP contribution in [-0.2, 0) is 9.59 Å². The van der Waals surface area contributed by atoms with Crippen LogP contribution < -0.4 is 4.90 Å². The molecule has 0 radical (unpaired) electrons. The molecule has 23 heavy (non-hydrogen) atoms. The molecule has 4 aliphatic carbocycles. The molecule has 1 aromatic rings. The normalized spacial score (nSPS) is 39.4. The summed E-state index contributed by atoms with van der Waals surface area (Å²) in [7, 11) is 0. The lowest BCUT2D eigenvalue weighted by Crippen LogP contribution is -2.40. The van der Waals surface area contributed by atoms with Crippen molar-refractivity contribution >= 4 is 23.2 Å². The summed E-state index contributed by atoms with van der Waals surface area (Å²) in [5, 5.41) is 11.0. The van der Waals surface area contributed by atoms with Crippen molar-refractivity contribution in [3.05, 3.63) is 46.5 Å². The summed E-state index contributed by atoms with van der Waals surface area (Å²) in [4.78, 5) is 37.4. The molecule has 1 saturated heterocycles. The first-order chi connectivity index (χ1) is 11.1. The van der Waals surface area contributed by atoms with Crippen molar-refractivity contribution in [1.82, 2.24) is 0 Å². The minimum absolute atomic E-state index is 0.109. The van der Waals surface area contributed by atoms with Gasteiger partial charge in [0, 0.05) is 12.1 Å². The molecule has 0 unspecified atom stereocenters. The van der Waals surface area contributed by atoms with E-state index < -0.39 is 4.92 Å². The summed E-state index contributed by atoms with van der Waals surface area (Å²) in [6.45, 7) is 0. The third-order valence-electron chi connectivity index (χ3n) is 5.96. The average Bonchev–Trinajstić information content (AvgIpc) is 3.32. The fraction of sp³-hybridized carbons (Fsp3) is 0.412. The molecule has 6 atom stereocenters. The zero-order valence-electron chi connectivity index (χ0n) is 12.2. The number of amides is 2. The van der Waals surface area contributed by atoms with E-state index in [-0.39, 0.29) is 41.2 Å². The number of hydrogen-bond acceptors (Lipinski definition) is 4. The fourth-order valence-electron chi connectivity index (χ4n) is 4.96. The van der Waals surface area contributed by atoms with Gasteiger partial charge in [0.2, 0.25) is 11.8 Å². The smallest absolute Gasteiger partial charge is 0.271 e. The summed E-state index contributed by atoms with van der Waals surface area (Å²) in [6, 6.07) is 5.78.